The van der Waals surface area contributed by atoms with Crippen LogP contribution >= 0.6 is 0 Å². The van der Waals surface area contributed by atoms with Crippen LogP contribution in [0.3, 0.4) is 0 Å². The van der Waals surface area contributed by atoms with E-state index in [0.29, 0.717) is 34.3 Å². The molecule has 0 bridgehead atoms. The Hall–Kier alpha value is -3.78. The van der Waals surface area contributed by atoms with Crippen LogP contribution in [0.15, 0.2) is 66.1 Å². The number of aromatic nitrogens is 4. The van der Waals surface area contributed by atoms with Crippen LogP contribution in [-0.2, 0) is 25.1 Å². The van der Waals surface area contributed by atoms with Gasteiger partial charge in [0.25, 0.3) is 5.56 Å². The maximum Gasteiger partial charge on any atom is 0.276 e. The van der Waals surface area contributed by atoms with Gasteiger partial charge in [0, 0.05) is 24.0 Å². The fourth-order valence-electron chi connectivity index (χ4n) is 5.02. The molecule has 4 aromatic rings. The van der Waals surface area contributed by atoms with Crippen LogP contribution in [-0.4, -0.2) is 44.4 Å². The number of hydrogen-bond acceptors (Lipinski definition) is 5. The lowest BCUT2D eigenvalue weighted by Gasteiger charge is -2.30. The molecule has 1 N–H and O–H groups in total. The van der Waals surface area contributed by atoms with Crippen LogP contribution in [0.2, 0.25) is 0 Å². The number of allylic oxidation sites excluding steroid dienone is 1. The predicted octanol–water partition coefficient (Wildman–Crippen LogP) is 5.14. The molecule has 0 radical (unpaired) electrons. The number of pyridine rings is 2. The van der Waals surface area contributed by atoms with Gasteiger partial charge in [0.05, 0.1) is 23.1 Å². The van der Waals surface area contributed by atoms with E-state index in [2.05, 4.69) is 59.1 Å². The fourth-order valence-corrected chi connectivity index (χ4v) is 5.02. The van der Waals surface area contributed by atoms with Crippen molar-refractivity contribution in [3.63, 3.8) is 0 Å². The highest BCUT2D eigenvalue weighted by molar-refractivity contribution is 5.82. The number of halogens is 1. The van der Waals surface area contributed by atoms with E-state index in [1.165, 1.54) is 31.4 Å². The average molecular weight is 501 g/mol. The summed E-state index contributed by atoms with van der Waals surface area (Å²) in [4.78, 5) is 24.6. The molecule has 0 fully saturated rings. The van der Waals surface area contributed by atoms with Crippen LogP contribution in [0.1, 0.15) is 37.1 Å². The zero-order valence-corrected chi connectivity index (χ0v) is 21.8. The summed E-state index contributed by atoms with van der Waals surface area (Å²) in [5, 5.41) is 3.87. The van der Waals surface area contributed by atoms with Gasteiger partial charge < -0.3 is 10.2 Å². The number of nitrogens with one attached hydrogen (secondary N) is 1. The molecule has 7 nitrogen and oxygen atoms in total. The number of fused-ring (bicyclic) bond motifs is 2. The Morgan fingerprint density at radius 3 is 2.76 bits per heavy atom. The van der Waals surface area contributed by atoms with Crippen molar-refractivity contribution in [2.24, 2.45) is 0 Å². The molecular weight excluding hydrogens is 467 g/mol. The molecule has 192 valence electrons. The van der Waals surface area contributed by atoms with Gasteiger partial charge in [-0.1, -0.05) is 18.2 Å². The van der Waals surface area contributed by atoms with E-state index in [1.807, 2.05) is 6.07 Å². The third kappa shape index (κ3) is 4.81. The molecule has 0 saturated carbocycles. The Bertz CT molecular complexity index is 1530. The number of rotatable bonds is 7. The van der Waals surface area contributed by atoms with E-state index < -0.39 is 5.67 Å². The minimum Gasteiger partial charge on any atom is -0.340 e. The van der Waals surface area contributed by atoms with E-state index in [9.17, 15) is 9.18 Å². The minimum absolute atomic E-state index is 0.204. The Morgan fingerprint density at radius 1 is 1.22 bits per heavy atom. The van der Waals surface area contributed by atoms with E-state index in [0.717, 1.165) is 18.5 Å². The molecule has 8 heteroatoms. The summed E-state index contributed by atoms with van der Waals surface area (Å²) in [7, 11) is 4.27. The zero-order valence-electron chi connectivity index (χ0n) is 21.8. The van der Waals surface area contributed by atoms with Gasteiger partial charge in [0.15, 0.2) is 5.82 Å². The van der Waals surface area contributed by atoms with Gasteiger partial charge in [-0.2, -0.15) is 0 Å². The van der Waals surface area contributed by atoms with E-state index in [-0.39, 0.29) is 12.1 Å². The molecule has 0 saturated heterocycles. The van der Waals surface area contributed by atoms with Crippen molar-refractivity contribution in [1.82, 2.24) is 24.2 Å². The second-order valence-electron chi connectivity index (χ2n) is 10.4. The van der Waals surface area contributed by atoms with Crippen LogP contribution in [0.5, 0.6) is 0 Å². The van der Waals surface area contributed by atoms with Crippen LogP contribution in [0, 0.1) is 0 Å². The molecular formula is C29H33FN6O. The summed E-state index contributed by atoms with van der Waals surface area (Å²) >= 11 is 0. The first-order chi connectivity index (χ1) is 17.7. The van der Waals surface area contributed by atoms with Crippen molar-refractivity contribution in [3.8, 4) is 5.82 Å². The Balaban J connectivity index is 1.57. The lowest BCUT2D eigenvalue weighted by Crippen LogP contribution is -2.33. The van der Waals surface area contributed by atoms with Crippen molar-refractivity contribution in [1.29, 1.82) is 0 Å². The maximum atomic E-state index is 14.7. The van der Waals surface area contributed by atoms with Gasteiger partial charge in [0.1, 0.15) is 11.5 Å². The number of hydrogen-bond donors (Lipinski definition) is 1. The fraction of sp³-hybridized carbons (Fsp3) is 0.345. The molecule has 5 rings (SSSR count). The van der Waals surface area contributed by atoms with Gasteiger partial charge in [-0.15, -0.1) is 6.58 Å². The predicted molar refractivity (Wildman–Crippen MR) is 147 cm³/mol. The van der Waals surface area contributed by atoms with E-state index >= 15 is 0 Å². The van der Waals surface area contributed by atoms with Crippen LogP contribution in [0.25, 0.3) is 16.7 Å². The molecule has 1 aliphatic carbocycles. The van der Waals surface area contributed by atoms with E-state index in [1.54, 1.807) is 39.8 Å². The lowest BCUT2D eigenvalue weighted by atomic mass is 9.87. The summed E-state index contributed by atoms with van der Waals surface area (Å²) < 4.78 is 18.0. The molecule has 3 heterocycles. The number of benzene rings is 1. The molecule has 1 atom stereocenters. The molecule has 0 spiro atoms. The van der Waals surface area contributed by atoms with E-state index in [4.69, 9.17) is 0 Å². The molecule has 37 heavy (non-hydrogen) atoms. The van der Waals surface area contributed by atoms with Gasteiger partial charge in [-0.3, -0.25) is 4.79 Å². The highest BCUT2D eigenvalue weighted by Crippen LogP contribution is 2.29. The number of aryl methyl sites for hydroxylation is 1. The average Bonchev–Trinajstić information content (AvgIpc) is 3.14. The largest absolute Gasteiger partial charge is 0.340 e. The highest BCUT2D eigenvalue weighted by Gasteiger charge is 2.23. The summed E-state index contributed by atoms with van der Waals surface area (Å²) in [5.74, 6) is 1.07. The topological polar surface area (TPSA) is 68.0 Å². The zero-order chi connectivity index (χ0) is 26.3. The quantitative estimate of drug-likeness (QED) is 0.356. The maximum absolute atomic E-state index is 14.7. The Morgan fingerprint density at radius 2 is 2.03 bits per heavy atom. The molecule has 1 unspecified atom stereocenters. The first kappa shape index (κ1) is 24.9. The number of anilines is 2. The van der Waals surface area contributed by atoms with Crippen molar-refractivity contribution in [3.05, 3.63) is 88.5 Å². The Labute approximate surface area is 216 Å². The summed E-state index contributed by atoms with van der Waals surface area (Å²) in [6.45, 7) is 7.01. The third-order valence-corrected chi connectivity index (χ3v) is 7.09. The molecule has 1 aliphatic rings. The lowest BCUT2D eigenvalue weighted by molar-refractivity contribution is 0.214. The first-order valence-corrected chi connectivity index (χ1v) is 12.6. The van der Waals surface area contributed by atoms with Crippen molar-refractivity contribution in [2.45, 2.75) is 51.4 Å². The number of likely N-dealkylation sites (N-methyl/N-ethyl adjacent to an activating group) is 1. The van der Waals surface area contributed by atoms with Crippen LogP contribution < -0.4 is 10.9 Å². The van der Waals surface area contributed by atoms with Crippen LogP contribution in [0.4, 0.5) is 15.9 Å². The van der Waals surface area contributed by atoms with Gasteiger partial charge in [0.2, 0.25) is 0 Å². The SMILES string of the molecule is C=CCn1c(=O)c2cnc(Nc3ccc4c(c3)CC(N(C)C)CC4)cc2n1-c1cccc(C(C)(C)F)n1. The molecule has 3 aromatic heterocycles. The molecule has 0 amide bonds. The normalized spacial score (nSPS) is 15.7. The molecule has 1 aromatic carbocycles. The highest BCUT2D eigenvalue weighted by atomic mass is 19.1. The monoisotopic (exact) mass is 500 g/mol. The van der Waals surface area contributed by atoms with Gasteiger partial charge >= 0.3 is 0 Å². The summed E-state index contributed by atoms with van der Waals surface area (Å²) in [6.07, 6.45) is 6.49. The third-order valence-electron chi connectivity index (χ3n) is 7.09. The second-order valence-corrected chi connectivity index (χ2v) is 10.4. The summed E-state index contributed by atoms with van der Waals surface area (Å²) in [5.41, 5.74) is 2.80. The van der Waals surface area contributed by atoms with Crippen molar-refractivity contribution in [2.75, 3.05) is 19.4 Å². The van der Waals surface area contributed by atoms with Crippen molar-refractivity contribution >= 4 is 22.4 Å². The van der Waals surface area contributed by atoms with Gasteiger partial charge in [-0.05, 0) is 82.6 Å². The summed E-state index contributed by atoms with van der Waals surface area (Å²) in [6, 6.07) is 14.0. The minimum atomic E-state index is -1.62. The number of alkyl halides is 1. The Kier molecular flexibility index (Phi) is 6.45. The molecule has 0 aliphatic heterocycles. The first-order valence-electron chi connectivity index (χ1n) is 12.6. The number of nitrogens with zero attached hydrogens (tertiary/aromatic N) is 5. The standard InChI is InChI=1S/C29H33FN6O/c1-6-14-35-28(37)23-18-31-26(17-24(23)36(35)27-9-7-8-25(33-27)29(2,3)30)32-21-12-10-19-11-13-22(34(4)5)16-20(19)15-21/h6-10,12,15,17-18,22H,1,11,13-14,16H2,2-5H3,(H,31,32). The van der Waals surface area contributed by atoms with Crippen molar-refractivity contribution < 1.29 is 4.39 Å². The smallest absolute Gasteiger partial charge is 0.276 e. The van der Waals surface area contributed by atoms with Gasteiger partial charge in [-0.25, -0.2) is 23.7 Å². The second kappa shape index (κ2) is 9.59.